The van der Waals surface area contributed by atoms with Gasteiger partial charge in [0.1, 0.15) is 0 Å². The van der Waals surface area contributed by atoms with E-state index in [1.807, 2.05) is 34.0 Å². The summed E-state index contributed by atoms with van der Waals surface area (Å²) in [5, 5.41) is 10.5. The molecule has 0 spiro atoms. The van der Waals surface area contributed by atoms with Crippen molar-refractivity contribution >= 4 is 156 Å². The molecular formula is C54H29BN2S3. The van der Waals surface area contributed by atoms with Gasteiger partial charge in [0, 0.05) is 73.3 Å². The topological polar surface area (TPSA) is 8.17 Å². The standard InChI is InChI=1S/C54H29BN2S3/c1-6-18-42-31(12-1)32-13-2-7-19-43(32)56(42)30-28-39-49-40(26-24-37-34-15-4-9-22-47(34)59-53(37)49)55-41-27-25-38-35-16-5-10-23-48(35)60-54(38)51(41)57(45(29-30)50(39)55)44-20-11-17-36-33-14-3-8-21-46(33)58-52(36)44/h1-29H. The predicted molar refractivity (Wildman–Crippen MR) is 264 cm³/mol. The molecule has 4 aromatic heterocycles. The maximum Gasteiger partial charge on any atom is 0.248 e. The summed E-state index contributed by atoms with van der Waals surface area (Å²) in [6.45, 7) is 0.0919. The average Bonchev–Trinajstić information content (AvgIpc) is 4.11. The molecule has 0 unspecified atom stereocenters. The van der Waals surface area contributed by atoms with Gasteiger partial charge in [-0.3, -0.25) is 0 Å². The Balaban J connectivity index is 1.15. The molecule has 0 saturated carbocycles. The number of aromatic nitrogens is 1. The molecule has 60 heavy (non-hydrogen) atoms. The lowest BCUT2D eigenvalue weighted by atomic mass is 9.37. The van der Waals surface area contributed by atoms with Gasteiger partial charge in [0.25, 0.3) is 0 Å². The minimum atomic E-state index is 0.0919. The Labute approximate surface area is 356 Å². The predicted octanol–water partition coefficient (Wildman–Crippen LogP) is 14.2. The first-order valence-electron chi connectivity index (χ1n) is 20.5. The van der Waals surface area contributed by atoms with Crippen LogP contribution in [0.5, 0.6) is 0 Å². The Kier molecular flexibility index (Phi) is 6.18. The van der Waals surface area contributed by atoms with E-state index in [-0.39, 0.29) is 6.71 Å². The minimum Gasteiger partial charge on any atom is -0.309 e. The lowest BCUT2D eigenvalue weighted by Crippen LogP contribution is -2.54. The van der Waals surface area contributed by atoms with E-state index in [2.05, 4.69) is 185 Å². The summed E-state index contributed by atoms with van der Waals surface area (Å²) in [5.74, 6) is 0. The molecule has 0 fully saturated rings. The van der Waals surface area contributed by atoms with Crippen molar-refractivity contribution in [1.82, 2.24) is 4.57 Å². The molecule has 0 N–H and O–H groups in total. The first-order chi connectivity index (χ1) is 29.8. The molecule has 0 aliphatic carbocycles. The first-order valence-corrected chi connectivity index (χ1v) is 23.0. The normalized spacial score (nSPS) is 13.3. The van der Waals surface area contributed by atoms with E-state index < -0.39 is 0 Å². The molecule has 0 saturated heterocycles. The summed E-state index contributed by atoms with van der Waals surface area (Å²) < 4.78 is 10.5. The van der Waals surface area contributed by atoms with Crippen molar-refractivity contribution in [2.75, 3.05) is 4.90 Å². The second kappa shape index (κ2) is 11.5. The molecule has 2 aliphatic heterocycles. The van der Waals surface area contributed by atoms with Crippen LogP contribution in [0.15, 0.2) is 176 Å². The van der Waals surface area contributed by atoms with Crippen LogP contribution in [0.2, 0.25) is 0 Å². The molecule has 0 amide bonds. The molecule has 9 aromatic carbocycles. The van der Waals surface area contributed by atoms with Gasteiger partial charge in [-0.05, 0) is 70.6 Å². The number of para-hydroxylation sites is 2. The van der Waals surface area contributed by atoms with E-state index >= 15 is 0 Å². The molecule has 276 valence electrons. The zero-order valence-corrected chi connectivity index (χ0v) is 34.4. The van der Waals surface area contributed by atoms with Crippen molar-refractivity contribution in [1.29, 1.82) is 0 Å². The Hall–Kier alpha value is -6.70. The van der Waals surface area contributed by atoms with Crippen LogP contribution in [0.25, 0.3) is 99.1 Å². The van der Waals surface area contributed by atoms with Crippen LogP contribution >= 0.6 is 34.0 Å². The third-order valence-electron chi connectivity index (χ3n) is 13.4. The maximum atomic E-state index is 2.69. The summed E-state index contributed by atoms with van der Waals surface area (Å²) in [6.07, 6.45) is 0. The van der Waals surface area contributed by atoms with Crippen LogP contribution in [0.1, 0.15) is 0 Å². The summed E-state index contributed by atoms with van der Waals surface area (Å²) in [5.41, 5.74) is 14.4. The van der Waals surface area contributed by atoms with E-state index in [4.69, 9.17) is 0 Å². The van der Waals surface area contributed by atoms with Crippen LogP contribution in [0.3, 0.4) is 0 Å². The summed E-state index contributed by atoms with van der Waals surface area (Å²) in [6, 6.07) is 66.5. The number of hydrogen-bond donors (Lipinski definition) is 0. The van der Waals surface area contributed by atoms with Crippen molar-refractivity contribution < 1.29 is 0 Å². The third-order valence-corrected chi connectivity index (χ3v) is 17.0. The van der Waals surface area contributed by atoms with E-state index in [9.17, 15) is 0 Å². The number of nitrogens with zero attached hydrogens (tertiary/aromatic N) is 2. The zero-order chi connectivity index (χ0) is 38.8. The highest BCUT2D eigenvalue weighted by atomic mass is 32.1. The molecule has 13 aromatic rings. The average molecular weight is 813 g/mol. The molecule has 0 bridgehead atoms. The van der Waals surface area contributed by atoms with Crippen LogP contribution in [-0.4, -0.2) is 11.3 Å². The molecule has 6 heteroatoms. The molecule has 0 atom stereocenters. The Morgan fingerprint density at radius 3 is 1.57 bits per heavy atom. The van der Waals surface area contributed by atoms with E-state index in [1.54, 1.807) is 0 Å². The van der Waals surface area contributed by atoms with Crippen LogP contribution in [0, 0.1) is 0 Å². The Morgan fingerprint density at radius 2 is 0.900 bits per heavy atom. The monoisotopic (exact) mass is 812 g/mol. The number of thiophene rings is 3. The van der Waals surface area contributed by atoms with Gasteiger partial charge < -0.3 is 9.47 Å². The van der Waals surface area contributed by atoms with Crippen LogP contribution < -0.4 is 21.3 Å². The van der Waals surface area contributed by atoms with Gasteiger partial charge in [-0.25, -0.2) is 0 Å². The van der Waals surface area contributed by atoms with E-state index in [0.717, 1.165) is 0 Å². The molecule has 0 radical (unpaired) electrons. The van der Waals surface area contributed by atoms with Crippen molar-refractivity contribution in [3.63, 3.8) is 0 Å². The van der Waals surface area contributed by atoms with Gasteiger partial charge in [0.2, 0.25) is 6.71 Å². The maximum absolute atomic E-state index is 2.69. The molecular weight excluding hydrogens is 784 g/mol. The quantitative estimate of drug-likeness (QED) is 0.158. The highest BCUT2D eigenvalue weighted by Crippen LogP contribution is 2.52. The molecule has 2 aliphatic rings. The number of rotatable bonds is 2. The fourth-order valence-electron chi connectivity index (χ4n) is 11.0. The van der Waals surface area contributed by atoms with Gasteiger partial charge in [-0.2, -0.15) is 0 Å². The third kappa shape index (κ3) is 3.99. The molecule has 15 rings (SSSR count). The number of anilines is 3. The van der Waals surface area contributed by atoms with Crippen LogP contribution in [0.4, 0.5) is 17.1 Å². The number of benzene rings is 9. The lowest BCUT2D eigenvalue weighted by molar-refractivity contribution is 1.18. The van der Waals surface area contributed by atoms with Crippen molar-refractivity contribution in [2.45, 2.75) is 0 Å². The number of hydrogen-bond acceptors (Lipinski definition) is 4. The van der Waals surface area contributed by atoms with E-state index in [1.165, 1.54) is 133 Å². The lowest BCUT2D eigenvalue weighted by Gasteiger charge is -2.37. The van der Waals surface area contributed by atoms with Crippen LogP contribution in [-0.2, 0) is 0 Å². The fraction of sp³-hybridized carbons (Fsp3) is 0. The van der Waals surface area contributed by atoms with Crippen molar-refractivity contribution in [2.24, 2.45) is 0 Å². The summed E-state index contributed by atoms with van der Waals surface area (Å²) >= 11 is 5.81. The summed E-state index contributed by atoms with van der Waals surface area (Å²) in [7, 11) is 0. The highest BCUT2D eigenvalue weighted by Gasteiger charge is 2.45. The smallest absolute Gasteiger partial charge is 0.248 e. The second-order valence-electron chi connectivity index (χ2n) is 16.3. The summed E-state index contributed by atoms with van der Waals surface area (Å²) in [4.78, 5) is 2.69. The van der Waals surface area contributed by atoms with Crippen molar-refractivity contribution in [3.05, 3.63) is 176 Å². The van der Waals surface area contributed by atoms with Gasteiger partial charge in [0.15, 0.2) is 0 Å². The van der Waals surface area contributed by atoms with Gasteiger partial charge in [0.05, 0.1) is 31.8 Å². The van der Waals surface area contributed by atoms with Crippen molar-refractivity contribution in [3.8, 4) is 16.8 Å². The Bertz CT molecular complexity index is 4000. The molecule has 2 nitrogen and oxygen atoms in total. The highest BCUT2D eigenvalue weighted by molar-refractivity contribution is 7.28. The minimum absolute atomic E-state index is 0.0919. The molecule has 6 heterocycles. The van der Waals surface area contributed by atoms with E-state index in [0.29, 0.717) is 0 Å². The SMILES string of the molecule is c1ccc2c(c1)sc1c(N3c4cc(-n5c6ccccc6c6ccccc65)cc5c4B(c4ccc6c(sc7ccccc76)c4-5)c4ccc5c(sc6ccccc65)c43)cccc12. The zero-order valence-electron chi connectivity index (χ0n) is 31.9. The number of fused-ring (bicyclic) bond motifs is 19. The second-order valence-corrected chi connectivity index (χ2v) is 19.5. The Morgan fingerprint density at radius 1 is 0.383 bits per heavy atom. The van der Waals surface area contributed by atoms with Gasteiger partial charge in [-0.15, -0.1) is 34.0 Å². The van der Waals surface area contributed by atoms with Gasteiger partial charge >= 0.3 is 0 Å². The fourth-order valence-corrected chi connectivity index (χ4v) is 14.7. The van der Waals surface area contributed by atoms with Gasteiger partial charge in [-0.1, -0.05) is 133 Å². The largest absolute Gasteiger partial charge is 0.309 e. The first kappa shape index (κ1) is 32.2.